The number of amides is 1. The molecule has 4 N–H and O–H groups in total. The molecule has 28 heavy (non-hydrogen) atoms. The molecule has 3 aromatic rings. The molecule has 3 heterocycles. The van der Waals surface area contributed by atoms with Crippen LogP contribution >= 0.6 is 23.4 Å². The van der Waals surface area contributed by atoms with Gasteiger partial charge in [-0.3, -0.25) is 19.8 Å². The predicted octanol–water partition coefficient (Wildman–Crippen LogP) is 3.36. The van der Waals surface area contributed by atoms with Crippen molar-refractivity contribution in [1.29, 1.82) is 5.41 Å². The normalized spacial score (nSPS) is 18.2. The Morgan fingerprint density at radius 2 is 2.00 bits per heavy atom. The molecule has 0 fully saturated rings. The summed E-state index contributed by atoms with van der Waals surface area (Å²) in [6.45, 7) is 0. The van der Waals surface area contributed by atoms with Gasteiger partial charge >= 0.3 is 0 Å². The summed E-state index contributed by atoms with van der Waals surface area (Å²) in [6, 6.07) is 15.4. The van der Waals surface area contributed by atoms with Gasteiger partial charge in [-0.05, 0) is 24.3 Å². The number of primary amides is 1. The van der Waals surface area contributed by atoms with Crippen LogP contribution in [0.1, 0.15) is 34.0 Å². The van der Waals surface area contributed by atoms with E-state index in [1.807, 2.05) is 48.5 Å². The molecule has 2 unspecified atom stereocenters. The first-order valence-corrected chi connectivity index (χ1v) is 9.86. The van der Waals surface area contributed by atoms with Crippen molar-refractivity contribution in [2.45, 2.75) is 22.7 Å². The minimum Gasteiger partial charge on any atom is -0.364 e. The molecular weight excluding hydrogens is 396 g/mol. The van der Waals surface area contributed by atoms with Crippen LogP contribution in [0.5, 0.6) is 0 Å². The lowest BCUT2D eigenvalue weighted by molar-refractivity contribution is 0.0995. The van der Waals surface area contributed by atoms with Gasteiger partial charge in [0.05, 0.1) is 17.1 Å². The lowest BCUT2D eigenvalue weighted by Crippen LogP contribution is -2.37. The number of benzene rings is 1. The fourth-order valence-electron chi connectivity index (χ4n) is 3.19. The number of hydrogen-bond donors (Lipinski definition) is 3. The molecule has 142 valence electrons. The lowest BCUT2D eigenvalue weighted by atomic mass is 10.1. The van der Waals surface area contributed by atoms with E-state index in [1.165, 1.54) is 0 Å². The molecule has 2 aromatic heterocycles. The van der Waals surface area contributed by atoms with Gasteiger partial charge in [-0.25, -0.2) is 4.98 Å². The van der Waals surface area contributed by atoms with Crippen LogP contribution in [0.4, 0.5) is 5.82 Å². The standard InChI is InChI=1S/C19H17ClN6OS/c20-16-17(21)26-14(28-11-6-2-1-3-7-11)10-13(12-8-4-5-9-23-12)24-19(26)15(25-16)18(22)27/h1-9,13-14,21,24H,10H2,(H2,22,27). The maximum absolute atomic E-state index is 12.0. The molecule has 1 amide bonds. The number of nitrogens with one attached hydrogen (secondary N) is 2. The summed E-state index contributed by atoms with van der Waals surface area (Å²) in [7, 11) is 0. The number of halogens is 1. The lowest BCUT2D eigenvalue weighted by Gasteiger charge is -2.35. The monoisotopic (exact) mass is 412 g/mol. The minimum absolute atomic E-state index is 0.0142. The quantitative estimate of drug-likeness (QED) is 0.608. The van der Waals surface area contributed by atoms with Gasteiger partial charge in [0.2, 0.25) is 0 Å². The summed E-state index contributed by atoms with van der Waals surface area (Å²) in [5, 5.41) is 11.5. The number of rotatable bonds is 4. The van der Waals surface area contributed by atoms with Crippen LogP contribution in [0.2, 0.25) is 5.15 Å². The molecular formula is C19H17ClN6OS. The van der Waals surface area contributed by atoms with E-state index in [4.69, 9.17) is 22.7 Å². The van der Waals surface area contributed by atoms with Crippen molar-refractivity contribution < 1.29 is 4.79 Å². The minimum atomic E-state index is -0.705. The molecule has 1 aliphatic heterocycles. The molecule has 4 rings (SSSR count). The summed E-state index contributed by atoms with van der Waals surface area (Å²) in [5.41, 5.74) is 6.42. The number of thioether (sulfide) groups is 1. The van der Waals surface area contributed by atoms with Gasteiger partial charge in [-0.15, -0.1) is 11.8 Å². The molecule has 2 atom stereocenters. The van der Waals surface area contributed by atoms with E-state index in [0.29, 0.717) is 12.2 Å². The highest BCUT2D eigenvalue weighted by Gasteiger charge is 2.33. The number of pyridine rings is 1. The SMILES string of the molecule is N=c1c(Cl)nc(C(N)=O)c2n1C(Sc1ccccc1)CC(c1ccccn1)N2. The summed E-state index contributed by atoms with van der Waals surface area (Å²) in [5.74, 6) is -0.319. The summed E-state index contributed by atoms with van der Waals surface area (Å²) in [4.78, 5) is 21.5. The highest BCUT2D eigenvalue weighted by atomic mass is 35.5. The number of anilines is 1. The van der Waals surface area contributed by atoms with Crippen molar-refractivity contribution in [2.75, 3.05) is 5.32 Å². The molecule has 1 aliphatic rings. The second-order valence-electron chi connectivity index (χ2n) is 6.26. The molecule has 0 radical (unpaired) electrons. The highest BCUT2D eigenvalue weighted by Crippen LogP contribution is 2.43. The van der Waals surface area contributed by atoms with Gasteiger partial charge in [0, 0.05) is 17.5 Å². The van der Waals surface area contributed by atoms with E-state index in [9.17, 15) is 4.79 Å². The van der Waals surface area contributed by atoms with Crippen molar-refractivity contribution in [1.82, 2.24) is 14.5 Å². The van der Waals surface area contributed by atoms with Crippen LogP contribution in [-0.2, 0) is 0 Å². The van der Waals surface area contributed by atoms with E-state index in [0.717, 1.165) is 10.6 Å². The second-order valence-corrected chi connectivity index (χ2v) is 7.86. The van der Waals surface area contributed by atoms with Crippen LogP contribution in [0.3, 0.4) is 0 Å². The Morgan fingerprint density at radius 3 is 2.68 bits per heavy atom. The van der Waals surface area contributed by atoms with Gasteiger partial charge in [0.25, 0.3) is 5.91 Å². The zero-order chi connectivity index (χ0) is 19.7. The smallest absolute Gasteiger partial charge is 0.271 e. The first-order valence-electron chi connectivity index (χ1n) is 8.60. The Bertz CT molecular complexity index is 1070. The molecule has 0 saturated heterocycles. The average Bonchev–Trinajstić information content (AvgIpc) is 2.71. The molecule has 1 aromatic carbocycles. The third-order valence-corrected chi connectivity index (χ3v) is 5.92. The van der Waals surface area contributed by atoms with Crippen molar-refractivity contribution >= 4 is 35.1 Å². The number of aromatic nitrogens is 3. The summed E-state index contributed by atoms with van der Waals surface area (Å²) >= 11 is 7.73. The zero-order valence-corrected chi connectivity index (χ0v) is 16.2. The second kappa shape index (κ2) is 7.65. The van der Waals surface area contributed by atoms with E-state index in [1.54, 1.807) is 22.5 Å². The highest BCUT2D eigenvalue weighted by molar-refractivity contribution is 7.99. The van der Waals surface area contributed by atoms with Crippen molar-refractivity contribution in [3.8, 4) is 0 Å². The van der Waals surface area contributed by atoms with Crippen molar-refractivity contribution in [2.24, 2.45) is 5.73 Å². The fourth-order valence-corrected chi connectivity index (χ4v) is 4.60. The Morgan fingerprint density at radius 1 is 1.25 bits per heavy atom. The first-order chi connectivity index (χ1) is 13.5. The Hall–Kier alpha value is -2.84. The van der Waals surface area contributed by atoms with Crippen LogP contribution < -0.4 is 16.5 Å². The number of carbonyl (C=O) groups is 1. The van der Waals surface area contributed by atoms with Crippen LogP contribution in [0.15, 0.2) is 59.6 Å². The zero-order valence-electron chi connectivity index (χ0n) is 14.7. The molecule has 0 spiro atoms. The third kappa shape index (κ3) is 3.48. The van der Waals surface area contributed by atoms with Crippen LogP contribution in [-0.4, -0.2) is 20.4 Å². The third-order valence-electron chi connectivity index (χ3n) is 4.44. The molecule has 7 nitrogen and oxygen atoms in total. The van der Waals surface area contributed by atoms with Crippen LogP contribution in [0.25, 0.3) is 0 Å². The van der Waals surface area contributed by atoms with Gasteiger partial charge in [0.1, 0.15) is 5.82 Å². The van der Waals surface area contributed by atoms with Crippen molar-refractivity contribution in [3.05, 3.63) is 76.8 Å². The Balaban J connectivity index is 1.86. The predicted molar refractivity (Wildman–Crippen MR) is 108 cm³/mol. The Kier molecular flexibility index (Phi) is 5.06. The van der Waals surface area contributed by atoms with Gasteiger partial charge in [-0.2, -0.15) is 0 Å². The molecule has 9 heteroatoms. The number of nitrogens with two attached hydrogens (primary N) is 1. The maximum atomic E-state index is 12.0. The van der Waals surface area contributed by atoms with E-state index < -0.39 is 5.91 Å². The Labute approximate surface area is 170 Å². The summed E-state index contributed by atoms with van der Waals surface area (Å²) in [6.07, 6.45) is 2.36. The topological polar surface area (TPSA) is 110 Å². The average molecular weight is 413 g/mol. The van der Waals surface area contributed by atoms with E-state index in [-0.39, 0.29) is 27.8 Å². The van der Waals surface area contributed by atoms with Crippen molar-refractivity contribution in [3.63, 3.8) is 0 Å². The van der Waals surface area contributed by atoms with Gasteiger partial charge < -0.3 is 11.1 Å². The maximum Gasteiger partial charge on any atom is 0.271 e. The molecule has 0 saturated carbocycles. The molecule has 0 bridgehead atoms. The van der Waals surface area contributed by atoms with Crippen LogP contribution in [0, 0.1) is 5.41 Å². The fraction of sp³-hybridized carbons (Fsp3) is 0.158. The largest absolute Gasteiger partial charge is 0.364 e. The van der Waals surface area contributed by atoms with Gasteiger partial charge in [0.15, 0.2) is 16.3 Å². The van der Waals surface area contributed by atoms with Gasteiger partial charge in [-0.1, -0.05) is 35.9 Å². The molecule has 0 aliphatic carbocycles. The number of fused-ring (bicyclic) bond motifs is 1. The number of carbonyl (C=O) groups excluding carboxylic acids is 1. The first kappa shape index (κ1) is 18.5. The number of nitrogens with zero attached hydrogens (tertiary/aromatic N) is 3. The van der Waals surface area contributed by atoms with E-state index >= 15 is 0 Å². The number of hydrogen-bond acceptors (Lipinski definition) is 6. The van der Waals surface area contributed by atoms with E-state index in [2.05, 4.69) is 15.3 Å². The summed E-state index contributed by atoms with van der Waals surface area (Å²) < 4.78 is 1.69.